The number of rotatable bonds is 12. The zero-order chi connectivity index (χ0) is 26.6. The van der Waals surface area contributed by atoms with E-state index in [1.165, 1.54) is 11.6 Å². The summed E-state index contributed by atoms with van der Waals surface area (Å²) in [6, 6.07) is 5.47. The van der Waals surface area contributed by atoms with Crippen LogP contribution < -0.4 is 9.47 Å². The highest BCUT2D eigenvalue weighted by Crippen LogP contribution is 2.59. The molecule has 0 aromatic heterocycles. The van der Waals surface area contributed by atoms with E-state index in [4.69, 9.17) is 33.2 Å². The van der Waals surface area contributed by atoms with Crippen molar-refractivity contribution in [3.8, 4) is 11.5 Å². The molecule has 2 unspecified atom stereocenters. The molecule has 0 amide bonds. The van der Waals surface area contributed by atoms with Crippen LogP contribution in [0.25, 0.3) is 6.08 Å². The summed E-state index contributed by atoms with van der Waals surface area (Å²) in [7, 11) is 4.88. The summed E-state index contributed by atoms with van der Waals surface area (Å²) < 4.78 is 40.3. The Morgan fingerprint density at radius 3 is 2.59 bits per heavy atom. The van der Waals surface area contributed by atoms with Gasteiger partial charge in [0.1, 0.15) is 30.0 Å². The minimum absolute atomic E-state index is 0.00973. The Kier molecular flexibility index (Phi) is 8.63. The third kappa shape index (κ3) is 6.20. The highest BCUT2D eigenvalue weighted by atomic mass is 16.6. The molecule has 204 valence electrons. The van der Waals surface area contributed by atoms with Crippen molar-refractivity contribution >= 4 is 12.0 Å². The number of esters is 1. The molecule has 0 bridgehead atoms. The molecular weight excluding hydrogens is 476 g/mol. The monoisotopic (exact) mass is 516 g/mol. The van der Waals surface area contributed by atoms with Crippen LogP contribution in [0.2, 0.25) is 0 Å². The van der Waals surface area contributed by atoms with E-state index in [1.54, 1.807) is 33.5 Å². The molecule has 1 spiro atoms. The normalized spacial score (nSPS) is 32.3. The molecule has 1 aromatic rings. The standard InChI is InChI=1S/C29H40O8/c1-19(2)7-11-24-28(3,37-24)27-26(33-6)22(13-14-29(27)18-35-29)36-25(30)12-9-20-8-10-21(32-5)23(17-20)34-16-15-31-4/h7-10,12,17,22,24,26-27H,11,13-16,18H2,1-6H3/b12-9+/t22-,24?,26-,27-,28?,29+/m1/s1. The number of carbonyl (C=O) groups excluding carboxylic acids is 1. The Morgan fingerprint density at radius 2 is 1.95 bits per heavy atom. The topological polar surface area (TPSA) is 88.3 Å². The van der Waals surface area contributed by atoms with Gasteiger partial charge in [0.15, 0.2) is 11.5 Å². The zero-order valence-corrected chi connectivity index (χ0v) is 22.8. The van der Waals surface area contributed by atoms with E-state index in [0.29, 0.717) is 37.7 Å². The molecule has 2 heterocycles. The van der Waals surface area contributed by atoms with E-state index < -0.39 is 5.97 Å². The van der Waals surface area contributed by atoms with Gasteiger partial charge in [-0.25, -0.2) is 4.79 Å². The number of benzene rings is 1. The first kappa shape index (κ1) is 27.6. The second-order valence-electron chi connectivity index (χ2n) is 10.4. The van der Waals surface area contributed by atoms with Gasteiger partial charge < -0.3 is 33.2 Å². The van der Waals surface area contributed by atoms with Crippen LogP contribution in [0, 0.1) is 5.92 Å². The molecule has 6 atom stereocenters. The number of hydrogen-bond donors (Lipinski definition) is 0. The predicted octanol–water partition coefficient (Wildman–Crippen LogP) is 4.35. The quantitative estimate of drug-likeness (QED) is 0.133. The lowest BCUT2D eigenvalue weighted by molar-refractivity contribution is -0.166. The minimum Gasteiger partial charge on any atom is -0.493 e. The molecule has 3 aliphatic rings. The number of carbonyl (C=O) groups is 1. The van der Waals surface area contributed by atoms with Crippen LogP contribution in [0.1, 0.15) is 45.6 Å². The van der Waals surface area contributed by atoms with Crippen molar-refractivity contribution in [2.75, 3.05) is 41.2 Å². The van der Waals surface area contributed by atoms with Crippen LogP contribution in [0.4, 0.5) is 0 Å². The summed E-state index contributed by atoms with van der Waals surface area (Å²) in [5.41, 5.74) is 1.44. The lowest BCUT2D eigenvalue weighted by Crippen LogP contribution is -2.55. The Bertz CT molecular complexity index is 1010. The van der Waals surface area contributed by atoms with Gasteiger partial charge in [-0.05, 0) is 63.8 Å². The lowest BCUT2D eigenvalue weighted by Gasteiger charge is -2.42. The van der Waals surface area contributed by atoms with Gasteiger partial charge in [0, 0.05) is 20.3 Å². The number of ether oxygens (including phenoxy) is 7. The lowest BCUT2D eigenvalue weighted by atomic mass is 9.68. The van der Waals surface area contributed by atoms with Crippen LogP contribution in [-0.4, -0.2) is 76.6 Å². The maximum absolute atomic E-state index is 12.8. The molecule has 8 heteroatoms. The summed E-state index contributed by atoms with van der Waals surface area (Å²) in [5, 5.41) is 0. The van der Waals surface area contributed by atoms with Gasteiger partial charge in [0.25, 0.3) is 0 Å². The van der Waals surface area contributed by atoms with Crippen molar-refractivity contribution in [1.82, 2.24) is 0 Å². The molecular formula is C29H40O8. The van der Waals surface area contributed by atoms with Crippen LogP contribution >= 0.6 is 0 Å². The summed E-state index contributed by atoms with van der Waals surface area (Å²) in [5.74, 6) is 0.769. The number of methoxy groups -OCH3 is 3. The third-order valence-electron chi connectivity index (χ3n) is 7.65. The smallest absolute Gasteiger partial charge is 0.331 e. The molecule has 8 nitrogen and oxygen atoms in total. The third-order valence-corrected chi connectivity index (χ3v) is 7.65. The molecule has 1 saturated carbocycles. The first-order chi connectivity index (χ1) is 17.8. The average molecular weight is 517 g/mol. The van der Waals surface area contributed by atoms with Crippen LogP contribution in [0.5, 0.6) is 11.5 Å². The van der Waals surface area contributed by atoms with Crippen molar-refractivity contribution < 1.29 is 38.0 Å². The van der Waals surface area contributed by atoms with Gasteiger partial charge in [0.05, 0.1) is 32.3 Å². The molecule has 37 heavy (non-hydrogen) atoms. The highest BCUT2D eigenvalue weighted by Gasteiger charge is 2.72. The molecule has 1 aliphatic carbocycles. The number of epoxide rings is 2. The number of allylic oxidation sites excluding steroid dienone is 1. The first-order valence-electron chi connectivity index (χ1n) is 12.9. The number of hydrogen-bond acceptors (Lipinski definition) is 8. The Balaban J connectivity index is 1.42. The second kappa shape index (κ2) is 11.6. The van der Waals surface area contributed by atoms with Gasteiger partial charge in [0.2, 0.25) is 0 Å². The van der Waals surface area contributed by atoms with Gasteiger partial charge in [-0.2, -0.15) is 0 Å². The van der Waals surface area contributed by atoms with Crippen LogP contribution in [-0.2, 0) is 28.5 Å². The average Bonchev–Trinajstić information content (AvgIpc) is 3.79. The van der Waals surface area contributed by atoms with Gasteiger partial charge >= 0.3 is 5.97 Å². The Hall–Kier alpha value is -2.39. The van der Waals surface area contributed by atoms with Crippen molar-refractivity contribution in [1.29, 1.82) is 0 Å². The molecule has 1 aromatic carbocycles. The second-order valence-corrected chi connectivity index (χ2v) is 10.4. The Labute approximate surface area is 219 Å². The summed E-state index contributed by atoms with van der Waals surface area (Å²) in [4.78, 5) is 12.8. The maximum Gasteiger partial charge on any atom is 0.331 e. The van der Waals surface area contributed by atoms with E-state index in [0.717, 1.165) is 18.4 Å². The van der Waals surface area contributed by atoms with Crippen molar-refractivity contribution in [3.63, 3.8) is 0 Å². The molecule has 2 aliphatic heterocycles. The van der Waals surface area contributed by atoms with Crippen molar-refractivity contribution in [2.45, 2.75) is 69.5 Å². The zero-order valence-electron chi connectivity index (χ0n) is 22.8. The fourth-order valence-electron chi connectivity index (χ4n) is 5.57. The van der Waals surface area contributed by atoms with E-state index in [-0.39, 0.29) is 35.4 Å². The first-order valence-corrected chi connectivity index (χ1v) is 12.9. The van der Waals surface area contributed by atoms with Crippen molar-refractivity contribution in [3.05, 3.63) is 41.5 Å². The van der Waals surface area contributed by atoms with Gasteiger partial charge in [-0.15, -0.1) is 0 Å². The summed E-state index contributed by atoms with van der Waals surface area (Å²) in [6.07, 6.45) is 7.12. The predicted molar refractivity (Wildman–Crippen MR) is 139 cm³/mol. The largest absolute Gasteiger partial charge is 0.493 e. The Morgan fingerprint density at radius 1 is 1.16 bits per heavy atom. The minimum atomic E-state index is -0.418. The molecule has 2 saturated heterocycles. The van der Waals surface area contributed by atoms with Crippen molar-refractivity contribution in [2.24, 2.45) is 5.92 Å². The summed E-state index contributed by atoms with van der Waals surface area (Å²) in [6.45, 7) is 7.87. The van der Waals surface area contributed by atoms with Crippen LogP contribution in [0.3, 0.4) is 0 Å². The van der Waals surface area contributed by atoms with E-state index >= 15 is 0 Å². The van der Waals surface area contributed by atoms with E-state index in [9.17, 15) is 4.79 Å². The highest BCUT2D eigenvalue weighted by molar-refractivity contribution is 5.87. The molecule has 4 rings (SSSR count). The fraction of sp³-hybridized carbons (Fsp3) is 0.621. The SMILES string of the molecule is COCCOc1cc(/C=C/C(=O)O[C@@H]2CC[C@]3(CO3)[C@@H](C3(C)OC3CC=C(C)C)[C@@H]2OC)ccc1OC. The van der Waals surface area contributed by atoms with Crippen LogP contribution in [0.15, 0.2) is 35.9 Å². The maximum atomic E-state index is 12.8. The van der Waals surface area contributed by atoms with E-state index in [1.807, 2.05) is 12.1 Å². The molecule has 0 N–H and O–H groups in total. The fourth-order valence-corrected chi connectivity index (χ4v) is 5.57. The molecule has 0 radical (unpaired) electrons. The van der Waals surface area contributed by atoms with Gasteiger partial charge in [-0.3, -0.25) is 0 Å². The van der Waals surface area contributed by atoms with E-state index in [2.05, 4.69) is 26.8 Å². The molecule has 3 fully saturated rings. The van der Waals surface area contributed by atoms with Gasteiger partial charge in [-0.1, -0.05) is 17.7 Å². The summed E-state index contributed by atoms with van der Waals surface area (Å²) >= 11 is 0.